The zero-order valence-electron chi connectivity index (χ0n) is 6.18. The summed E-state index contributed by atoms with van der Waals surface area (Å²) in [6.45, 7) is 0.800. The molecule has 2 nitrogen and oxygen atoms in total. The van der Waals surface area contributed by atoms with E-state index in [0.29, 0.717) is 5.41 Å². The fourth-order valence-electron chi connectivity index (χ4n) is 2.23. The second-order valence-corrected chi connectivity index (χ2v) is 3.68. The Morgan fingerprint density at radius 2 is 2.00 bits per heavy atom. The molecule has 2 fully saturated rings. The molecule has 58 valence electrons. The molecule has 1 unspecified atom stereocenters. The van der Waals surface area contributed by atoms with Crippen LogP contribution in [0.1, 0.15) is 32.1 Å². The van der Waals surface area contributed by atoms with Gasteiger partial charge in [0.2, 0.25) is 0 Å². The van der Waals surface area contributed by atoms with Crippen LogP contribution < -0.4 is 0 Å². The van der Waals surface area contributed by atoms with Crippen LogP contribution >= 0.6 is 0 Å². The highest BCUT2D eigenvalue weighted by atomic mass is 16.6. The van der Waals surface area contributed by atoms with E-state index in [2.05, 4.69) is 0 Å². The van der Waals surface area contributed by atoms with Gasteiger partial charge in [-0.25, -0.2) is 0 Å². The first-order chi connectivity index (χ1) is 4.81. The second kappa shape index (κ2) is 2.21. The van der Waals surface area contributed by atoms with Crippen LogP contribution in [0.15, 0.2) is 0 Å². The first kappa shape index (κ1) is 6.62. The van der Waals surface area contributed by atoms with Gasteiger partial charge >= 0.3 is 0 Å². The summed E-state index contributed by atoms with van der Waals surface area (Å²) in [6, 6.07) is 0. The fourth-order valence-corrected chi connectivity index (χ4v) is 2.23. The highest BCUT2D eigenvalue weighted by Crippen LogP contribution is 2.45. The van der Waals surface area contributed by atoms with Crippen molar-refractivity contribution in [3.05, 3.63) is 0 Å². The molecular formula is C8H14O2. The van der Waals surface area contributed by atoms with E-state index in [-0.39, 0.29) is 0 Å². The van der Waals surface area contributed by atoms with Gasteiger partial charge in [-0.15, -0.1) is 0 Å². The molecular weight excluding hydrogens is 128 g/mol. The third kappa shape index (κ3) is 0.956. The van der Waals surface area contributed by atoms with Crippen molar-refractivity contribution in [2.45, 2.75) is 38.4 Å². The molecule has 1 atom stereocenters. The average Bonchev–Trinajstić information content (AvgIpc) is 2.46. The first-order valence-corrected chi connectivity index (χ1v) is 4.11. The van der Waals surface area contributed by atoms with Gasteiger partial charge in [-0.05, 0) is 18.3 Å². The number of rotatable bonds is 0. The molecule has 0 radical (unpaired) electrons. The van der Waals surface area contributed by atoms with E-state index in [0.717, 1.165) is 13.0 Å². The average molecular weight is 142 g/mol. The van der Waals surface area contributed by atoms with Crippen molar-refractivity contribution < 1.29 is 9.84 Å². The lowest BCUT2D eigenvalue weighted by atomic mass is 9.85. The Balaban J connectivity index is 2.03. The van der Waals surface area contributed by atoms with Crippen molar-refractivity contribution in [3.8, 4) is 0 Å². The third-order valence-corrected chi connectivity index (χ3v) is 2.85. The van der Waals surface area contributed by atoms with Crippen molar-refractivity contribution in [1.82, 2.24) is 0 Å². The number of ether oxygens (including phenoxy) is 1. The number of aliphatic hydroxyl groups excluding tert-OH is 1. The Bertz CT molecular complexity index is 127. The minimum absolute atomic E-state index is 0.388. The van der Waals surface area contributed by atoms with Crippen LogP contribution in [0, 0.1) is 5.41 Å². The molecule has 0 amide bonds. The maximum Gasteiger partial charge on any atom is 0.155 e. The minimum Gasteiger partial charge on any atom is -0.368 e. The standard InChI is InChI=1S/C8H14O2/c9-7-5-8(6-10-7)3-1-2-4-8/h7,9H,1-6H2. The van der Waals surface area contributed by atoms with Crippen LogP contribution in [0.2, 0.25) is 0 Å². The van der Waals surface area contributed by atoms with E-state index < -0.39 is 6.29 Å². The van der Waals surface area contributed by atoms with Gasteiger partial charge in [-0.3, -0.25) is 0 Å². The molecule has 1 aliphatic carbocycles. The Morgan fingerprint density at radius 1 is 1.30 bits per heavy atom. The Kier molecular flexibility index (Phi) is 1.46. The summed E-state index contributed by atoms with van der Waals surface area (Å²) in [6.07, 6.45) is 5.62. The quantitative estimate of drug-likeness (QED) is 0.552. The number of hydrogen-bond acceptors (Lipinski definition) is 2. The van der Waals surface area contributed by atoms with Gasteiger partial charge in [0.15, 0.2) is 6.29 Å². The van der Waals surface area contributed by atoms with Gasteiger partial charge in [0.1, 0.15) is 0 Å². The summed E-state index contributed by atoms with van der Waals surface area (Å²) in [4.78, 5) is 0. The molecule has 1 saturated heterocycles. The summed E-state index contributed by atoms with van der Waals surface area (Å²) in [7, 11) is 0. The predicted octanol–water partition coefficient (Wildman–Crippen LogP) is 1.29. The smallest absolute Gasteiger partial charge is 0.155 e. The predicted molar refractivity (Wildman–Crippen MR) is 37.5 cm³/mol. The summed E-state index contributed by atoms with van der Waals surface area (Å²) >= 11 is 0. The van der Waals surface area contributed by atoms with Crippen LogP contribution in [-0.2, 0) is 4.74 Å². The van der Waals surface area contributed by atoms with Crippen LogP contribution in [-0.4, -0.2) is 18.0 Å². The van der Waals surface area contributed by atoms with Crippen LogP contribution in [0.5, 0.6) is 0 Å². The first-order valence-electron chi connectivity index (χ1n) is 4.11. The maximum atomic E-state index is 9.13. The Morgan fingerprint density at radius 3 is 2.50 bits per heavy atom. The van der Waals surface area contributed by atoms with E-state index >= 15 is 0 Å². The maximum absolute atomic E-state index is 9.13. The zero-order valence-corrected chi connectivity index (χ0v) is 6.18. The lowest BCUT2D eigenvalue weighted by Crippen LogP contribution is -2.15. The normalized spacial score (nSPS) is 37.5. The molecule has 1 saturated carbocycles. The molecule has 2 rings (SSSR count). The van der Waals surface area contributed by atoms with E-state index in [9.17, 15) is 0 Å². The summed E-state index contributed by atoms with van der Waals surface area (Å²) in [5.74, 6) is 0. The van der Waals surface area contributed by atoms with E-state index in [1.54, 1.807) is 0 Å². The molecule has 10 heavy (non-hydrogen) atoms. The van der Waals surface area contributed by atoms with Crippen molar-refractivity contribution in [3.63, 3.8) is 0 Å². The van der Waals surface area contributed by atoms with Crippen LogP contribution in [0.25, 0.3) is 0 Å². The van der Waals surface area contributed by atoms with Gasteiger partial charge in [-0.1, -0.05) is 12.8 Å². The largest absolute Gasteiger partial charge is 0.368 e. The van der Waals surface area contributed by atoms with Crippen molar-refractivity contribution in [2.75, 3.05) is 6.61 Å². The van der Waals surface area contributed by atoms with E-state index in [4.69, 9.17) is 9.84 Å². The monoisotopic (exact) mass is 142 g/mol. The second-order valence-electron chi connectivity index (χ2n) is 3.68. The van der Waals surface area contributed by atoms with E-state index in [1.165, 1.54) is 25.7 Å². The summed E-state index contributed by atoms with van der Waals surface area (Å²) in [5.41, 5.74) is 0.388. The summed E-state index contributed by atoms with van der Waals surface area (Å²) in [5, 5.41) is 9.13. The zero-order chi connectivity index (χ0) is 7.03. The molecule has 2 heteroatoms. The highest BCUT2D eigenvalue weighted by Gasteiger charge is 2.41. The Hall–Kier alpha value is -0.0800. The summed E-state index contributed by atoms with van der Waals surface area (Å²) < 4.78 is 5.15. The van der Waals surface area contributed by atoms with Crippen molar-refractivity contribution in [2.24, 2.45) is 5.41 Å². The Labute approximate surface area is 61.2 Å². The molecule has 1 N–H and O–H groups in total. The van der Waals surface area contributed by atoms with E-state index in [1.807, 2.05) is 0 Å². The molecule has 0 aromatic heterocycles. The molecule has 2 aliphatic rings. The molecule has 1 spiro atoms. The third-order valence-electron chi connectivity index (χ3n) is 2.85. The number of hydrogen-bond donors (Lipinski definition) is 1. The van der Waals surface area contributed by atoms with Crippen molar-refractivity contribution in [1.29, 1.82) is 0 Å². The van der Waals surface area contributed by atoms with Gasteiger partial charge in [-0.2, -0.15) is 0 Å². The van der Waals surface area contributed by atoms with Crippen molar-refractivity contribution >= 4 is 0 Å². The molecule has 0 bridgehead atoms. The number of aliphatic hydroxyl groups is 1. The topological polar surface area (TPSA) is 29.5 Å². The highest BCUT2D eigenvalue weighted by molar-refractivity contribution is 4.88. The lowest BCUT2D eigenvalue weighted by Gasteiger charge is -2.18. The molecule has 1 heterocycles. The molecule has 1 aliphatic heterocycles. The van der Waals surface area contributed by atoms with Gasteiger partial charge in [0, 0.05) is 6.42 Å². The van der Waals surface area contributed by atoms with Gasteiger partial charge in [0.05, 0.1) is 6.61 Å². The molecule has 0 aromatic rings. The molecule has 0 aromatic carbocycles. The lowest BCUT2D eigenvalue weighted by molar-refractivity contribution is -0.0595. The van der Waals surface area contributed by atoms with Gasteiger partial charge in [0.25, 0.3) is 0 Å². The van der Waals surface area contributed by atoms with Crippen LogP contribution in [0.3, 0.4) is 0 Å². The SMILES string of the molecule is OC1CC2(CCCC2)CO1. The van der Waals surface area contributed by atoms with Crippen LogP contribution in [0.4, 0.5) is 0 Å². The fraction of sp³-hybridized carbons (Fsp3) is 1.00. The minimum atomic E-state index is -0.460. The van der Waals surface area contributed by atoms with Gasteiger partial charge < -0.3 is 9.84 Å².